The van der Waals surface area contributed by atoms with Crippen LogP contribution in [0.5, 0.6) is 0 Å². The molecule has 5 N–H and O–H groups in total. The molecule has 1 aliphatic heterocycles. The van der Waals surface area contributed by atoms with Crippen LogP contribution < -0.4 is 21.7 Å². The predicted molar refractivity (Wildman–Crippen MR) is 156 cm³/mol. The van der Waals surface area contributed by atoms with Crippen molar-refractivity contribution in [3.63, 3.8) is 0 Å². The summed E-state index contributed by atoms with van der Waals surface area (Å²) in [4.78, 5) is 66.9. The number of nitrogens with zero attached hydrogens (tertiary/aromatic N) is 1. The Kier molecular flexibility index (Phi) is 9.53. The number of nitrogens with two attached hydrogens (primary N) is 1. The molecule has 4 rings (SSSR count). The van der Waals surface area contributed by atoms with Gasteiger partial charge in [0.15, 0.2) is 0 Å². The number of fused-ring (bicyclic) bond motifs is 1. The second-order valence-electron chi connectivity index (χ2n) is 13.6. The molecule has 0 spiro atoms. The first kappa shape index (κ1) is 31.9. The van der Waals surface area contributed by atoms with Crippen LogP contribution in [0, 0.1) is 29.1 Å². The summed E-state index contributed by atoms with van der Waals surface area (Å²) in [5.41, 5.74) is 5.12. The molecule has 1 saturated heterocycles. The van der Waals surface area contributed by atoms with E-state index in [-0.39, 0.29) is 41.7 Å². The maximum atomic E-state index is 14.2. The summed E-state index contributed by atoms with van der Waals surface area (Å²) in [6.45, 7) is 8.14. The Balaban J connectivity index is 1.55. The number of hydrogen-bond acceptors (Lipinski definition) is 5. The highest BCUT2D eigenvalue weighted by Gasteiger charge is 2.74. The van der Waals surface area contributed by atoms with Gasteiger partial charge in [0, 0.05) is 24.4 Å². The van der Waals surface area contributed by atoms with E-state index in [0.717, 1.165) is 51.4 Å². The smallest absolute Gasteiger partial charge is 0.315 e. The summed E-state index contributed by atoms with van der Waals surface area (Å²) in [5, 5.41) is 8.61. The number of carbonyl (C=O) groups is 5. The van der Waals surface area contributed by atoms with E-state index in [4.69, 9.17) is 28.9 Å². The minimum Gasteiger partial charge on any atom is -0.363 e. The first-order chi connectivity index (χ1) is 19.1. The summed E-state index contributed by atoms with van der Waals surface area (Å²) in [5.74, 6) is -3.61. The van der Waals surface area contributed by atoms with E-state index in [2.05, 4.69) is 16.0 Å². The van der Waals surface area contributed by atoms with Crippen molar-refractivity contribution in [1.29, 1.82) is 0 Å². The lowest BCUT2D eigenvalue weighted by molar-refractivity contribution is -0.144. The van der Waals surface area contributed by atoms with Gasteiger partial charge in [-0.25, -0.2) is 4.79 Å². The second kappa shape index (κ2) is 12.3. The molecular weight excluding hydrogens is 569 g/mol. The Bertz CT molecular complexity index is 1050. The van der Waals surface area contributed by atoms with Crippen molar-refractivity contribution in [3.05, 3.63) is 0 Å². The average molecular weight is 615 g/mol. The van der Waals surface area contributed by atoms with Crippen molar-refractivity contribution >= 4 is 52.7 Å². The molecule has 1 heterocycles. The van der Waals surface area contributed by atoms with Crippen LogP contribution >= 0.6 is 23.2 Å². The van der Waals surface area contributed by atoms with Crippen LogP contribution in [0.15, 0.2) is 0 Å². The third-order valence-corrected chi connectivity index (χ3v) is 10.9. The van der Waals surface area contributed by atoms with E-state index in [9.17, 15) is 24.0 Å². The largest absolute Gasteiger partial charge is 0.363 e. The fourth-order valence-electron chi connectivity index (χ4n) is 6.48. The minimum absolute atomic E-state index is 0.0767. The van der Waals surface area contributed by atoms with Gasteiger partial charge in [-0.05, 0) is 43.4 Å². The van der Waals surface area contributed by atoms with Gasteiger partial charge in [-0.2, -0.15) is 0 Å². The highest BCUT2D eigenvalue weighted by atomic mass is 35.5. The molecule has 5 amide bonds. The zero-order valence-corrected chi connectivity index (χ0v) is 26.0. The number of piperidine rings is 1. The molecule has 4 fully saturated rings. The minimum atomic E-state index is -1.18. The van der Waals surface area contributed by atoms with E-state index in [0.29, 0.717) is 6.42 Å². The summed E-state index contributed by atoms with van der Waals surface area (Å²) in [7, 11) is 0. The van der Waals surface area contributed by atoms with Gasteiger partial charge in [-0.15, -0.1) is 23.2 Å². The monoisotopic (exact) mass is 613 g/mol. The van der Waals surface area contributed by atoms with Gasteiger partial charge in [0.25, 0.3) is 5.91 Å². The van der Waals surface area contributed by atoms with Crippen LogP contribution in [0.2, 0.25) is 0 Å². The normalized spacial score (nSPS) is 28.0. The van der Waals surface area contributed by atoms with Crippen LogP contribution in [-0.4, -0.2) is 69.5 Å². The standard InChI is InChI=1S/C29H45Cl2N5O5/c1-15(28(2,3)4)33-27(41)35-21(17-11-6-5-7-12-17)26(40)36-14-18-20(29(18,30)31)22(36)25(39)34-19(23(37)24(32)38)13-16-9-8-10-16/h15-22H,5-14H2,1-4H3,(H2,32,38)(H,34,39)(H2,33,35,41)/t15?,18-,19-,20-,21-,22-/m0/s1. The van der Waals surface area contributed by atoms with Gasteiger partial charge in [0.05, 0.1) is 6.04 Å². The predicted octanol–water partition coefficient (Wildman–Crippen LogP) is 3.03. The Hall–Kier alpha value is -2.07. The number of ketones is 1. The number of hydrogen-bond donors (Lipinski definition) is 4. The van der Waals surface area contributed by atoms with Gasteiger partial charge >= 0.3 is 6.03 Å². The van der Waals surface area contributed by atoms with E-state index in [1.807, 2.05) is 27.7 Å². The number of alkyl halides is 2. The number of urea groups is 1. The number of Topliss-reactive ketones (excluding diaryl/α,β-unsaturated/α-hetero) is 1. The van der Waals surface area contributed by atoms with Gasteiger partial charge in [0.2, 0.25) is 17.6 Å². The molecule has 1 unspecified atom stereocenters. The number of halogens is 2. The van der Waals surface area contributed by atoms with Crippen LogP contribution in [0.1, 0.15) is 85.5 Å². The molecule has 0 bridgehead atoms. The lowest BCUT2D eigenvalue weighted by Gasteiger charge is -2.37. The average Bonchev–Trinajstić information content (AvgIpc) is 3.20. The van der Waals surface area contributed by atoms with Crippen molar-refractivity contribution in [2.24, 2.45) is 34.8 Å². The van der Waals surface area contributed by atoms with Gasteiger partial charge in [0.1, 0.15) is 16.4 Å². The highest BCUT2D eigenvalue weighted by Crippen LogP contribution is 2.65. The zero-order chi connectivity index (χ0) is 30.3. The molecule has 0 aromatic carbocycles. The van der Waals surface area contributed by atoms with Crippen molar-refractivity contribution in [1.82, 2.24) is 20.9 Å². The van der Waals surface area contributed by atoms with Crippen molar-refractivity contribution < 1.29 is 24.0 Å². The fraction of sp³-hybridized carbons (Fsp3) is 0.828. The Morgan fingerprint density at radius 3 is 2.12 bits per heavy atom. The molecule has 0 aromatic rings. The van der Waals surface area contributed by atoms with E-state index in [1.165, 1.54) is 4.90 Å². The molecule has 6 atom stereocenters. The maximum Gasteiger partial charge on any atom is 0.315 e. The first-order valence-corrected chi connectivity index (χ1v) is 15.8. The number of nitrogens with one attached hydrogen (secondary N) is 3. The number of rotatable bonds is 10. The van der Waals surface area contributed by atoms with Crippen molar-refractivity contribution in [2.45, 2.75) is 114 Å². The topological polar surface area (TPSA) is 151 Å². The van der Waals surface area contributed by atoms with Crippen LogP contribution in [0.3, 0.4) is 0 Å². The van der Waals surface area contributed by atoms with Crippen LogP contribution in [0.4, 0.5) is 4.79 Å². The van der Waals surface area contributed by atoms with Crippen molar-refractivity contribution in [3.8, 4) is 0 Å². The van der Waals surface area contributed by atoms with Gasteiger partial charge in [-0.3, -0.25) is 19.2 Å². The lowest BCUT2D eigenvalue weighted by atomic mass is 9.80. The fourth-order valence-corrected chi connectivity index (χ4v) is 7.31. The number of amides is 5. The number of carbonyl (C=O) groups excluding carboxylic acids is 5. The maximum absolute atomic E-state index is 14.2. The molecule has 230 valence electrons. The summed E-state index contributed by atoms with van der Waals surface area (Å²) in [6, 6.07) is -3.51. The molecule has 41 heavy (non-hydrogen) atoms. The Morgan fingerprint density at radius 1 is 0.951 bits per heavy atom. The van der Waals surface area contributed by atoms with Gasteiger partial charge < -0.3 is 26.6 Å². The molecule has 4 aliphatic rings. The SMILES string of the molecule is CC(NC(=O)N[C@H](C(=O)N1C[C@H]2[C@@H]([C@H]1C(=O)N[C@@H](CC1CCC1)C(=O)C(N)=O)C2(Cl)Cl)C1CCCCC1)C(C)(C)C. The molecular formula is C29H45Cl2N5O5. The third kappa shape index (κ3) is 6.95. The summed E-state index contributed by atoms with van der Waals surface area (Å²) < 4.78 is -1.18. The van der Waals surface area contributed by atoms with E-state index in [1.54, 1.807) is 0 Å². The summed E-state index contributed by atoms with van der Waals surface area (Å²) >= 11 is 13.0. The molecule has 0 aromatic heterocycles. The molecule has 3 aliphatic carbocycles. The first-order valence-electron chi connectivity index (χ1n) is 15.0. The molecule has 3 saturated carbocycles. The summed E-state index contributed by atoms with van der Waals surface area (Å²) in [6.07, 6.45) is 7.72. The zero-order valence-electron chi connectivity index (χ0n) is 24.5. The molecule has 12 heteroatoms. The molecule has 10 nitrogen and oxygen atoms in total. The van der Waals surface area contributed by atoms with Gasteiger partial charge in [-0.1, -0.05) is 59.3 Å². The van der Waals surface area contributed by atoms with Crippen LogP contribution in [-0.2, 0) is 19.2 Å². The quantitative estimate of drug-likeness (QED) is 0.220. The molecule has 0 radical (unpaired) electrons. The van der Waals surface area contributed by atoms with E-state index < -0.39 is 52.0 Å². The highest BCUT2D eigenvalue weighted by molar-refractivity contribution is 6.51. The number of primary amides is 1. The number of likely N-dealkylation sites (tertiary alicyclic amines) is 1. The third-order valence-electron chi connectivity index (χ3n) is 9.87. The Morgan fingerprint density at radius 2 is 1.59 bits per heavy atom. The lowest BCUT2D eigenvalue weighted by Crippen LogP contribution is -2.61. The second-order valence-corrected chi connectivity index (χ2v) is 15.1. The van der Waals surface area contributed by atoms with E-state index >= 15 is 0 Å². The van der Waals surface area contributed by atoms with Crippen molar-refractivity contribution in [2.75, 3.05) is 6.54 Å². The van der Waals surface area contributed by atoms with Crippen LogP contribution in [0.25, 0.3) is 0 Å². The Labute approximate surface area is 252 Å².